The molecule has 0 unspecified atom stereocenters. The highest BCUT2D eigenvalue weighted by molar-refractivity contribution is 7.99. The quantitative estimate of drug-likeness (QED) is 0.727. The molecule has 2 nitrogen and oxygen atoms in total. The molecule has 0 amide bonds. The molecule has 0 aliphatic heterocycles. The molecule has 1 rings (SSSR count). The van der Waals surface area contributed by atoms with E-state index in [-0.39, 0.29) is 0 Å². The van der Waals surface area contributed by atoms with Crippen molar-refractivity contribution in [1.82, 2.24) is 4.98 Å². The van der Waals surface area contributed by atoms with E-state index < -0.39 is 5.60 Å². The van der Waals surface area contributed by atoms with Gasteiger partial charge < -0.3 is 5.11 Å². The first-order chi connectivity index (χ1) is 5.58. The predicted molar refractivity (Wildman–Crippen MR) is 51.3 cm³/mol. The van der Waals surface area contributed by atoms with Crippen molar-refractivity contribution in [3.8, 4) is 0 Å². The second-order valence-electron chi connectivity index (χ2n) is 3.27. The first-order valence-electron chi connectivity index (χ1n) is 3.84. The van der Waals surface area contributed by atoms with Crippen LogP contribution in [0, 0.1) is 0 Å². The Bertz CT molecular complexity index is 230. The van der Waals surface area contributed by atoms with Gasteiger partial charge in [-0.2, -0.15) is 0 Å². The zero-order chi connectivity index (χ0) is 9.03. The Labute approximate surface area is 77.0 Å². The van der Waals surface area contributed by atoms with Crippen molar-refractivity contribution in [3.63, 3.8) is 0 Å². The van der Waals surface area contributed by atoms with Gasteiger partial charge in [0, 0.05) is 11.9 Å². The van der Waals surface area contributed by atoms with Gasteiger partial charge in [-0.05, 0) is 26.0 Å². The molecule has 1 aromatic heterocycles. The van der Waals surface area contributed by atoms with Gasteiger partial charge in [0.2, 0.25) is 0 Å². The molecule has 0 fully saturated rings. The third-order valence-corrected chi connectivity index (χ3v) is 2.60. The van der Waals surface area contributed by atoms with Crippen LogP contribution < -0.4 is 0 Å². The Kier molecular flexibility index (Phi) is 3.12. The van der Waals surface area contributed by atoms with Crippen LogP contribution in [-0.4, -0.2) is 21.4 Å². The number of thioether (sulfide) groups is 1. The Hall–Kier alpha value is -0.540. The van der Waals surface area contributed by atoms with Gasteiger partial charge in [-0.15, -0.1) is 11.8 Å². The highest BCUT2D eigenvalue weighted by atomic mass is 32.2. The fourth-order valence-electron chi connectivity index (χ4n) is 0.683. The van der Waals surface area contributed by atoms with Crippen LogP contribution in [0.2, 0.25) is 0 Å². The van der Waals surface area contributed by atoms with E-state index in [1.54, 1.807) is 31.8 Å². The standard InChI is InChI=1S/C9H13NOS/c1-9(2,11)7-12-8-5-3-4-6-10-8/h3-6,11H,7H2,1-2H3. The number of nitrogens with zero attached hydrogens (tertiary/aromatic N) is 1. The zero-order valence-corrected chi connectivity index (χ0v) is 8.14. The first-order valence-corrected chi connectivity index (χ1v) is 4.83. The van der Waals surface area contributed by atoms with Crippen LogP contribution >= 0.6 is 11.8 Å². The molecule has 0 radical (unpaired) electrons. The summed E-state index contributed by atoms with van der Waals surface area (Å²) >= 11 is 1.57. The van der Waals surface area contributed by atoms with Gasteiger partial charge in [-0.1, -0.05) is 6.07 Å². The van der Waals surface area contributed by atoms with Crippen LogP contribution in [0.5, 0.6) is 0 Å². The van der Waals surface area contributed by atoms with E-state index in [1.807, 2.05) is 18.2 Å². The second-order valence-corrected chi connectivity index (χ2v) is 4.26. The van der Waals surface area contributed by atoms with E-state index >= 15 is 0 Å². The molecule has 0 aromatic carbocycles. The molecule has 1 N–H and O–H groups in total. The van der Waals surface area contributed by atoms with E-state index in [1.165, 1.54) is 0 Å². The van der Waals surface area contributed by atoms with Crippen molar-refractivity contribution in [1.29, 1.82) is 0 Å². The first kappa shape index (κ1) is 9.55. The minimum absolute atomic E-state index is 0.623. The van der Waals surface area contributed by atoms with Crippen LogP contribution in [0.15, 0.2) is 29.4 Å². The number of hydrogen-bond acceptors (Lipinski definition) is 3. The van der Waals surface area contributed by atoms with Gasteiger partial charge in [0.15, 0.2) is 0 Å². The normalized spacial score (nSPS) is 11.6. The molecule has 3 heteroatoms. The largest absolute Gasteiger partial charge is 0.390 e. The van der Waals surface area contributed by atoms with Crippen molar-refractivity contribution in [2.24, 2.45) is 0 Å². The Morgan fingerprint density at radius 2 is 2.25 bits per heavy atom. The van der Waals surface area contributed by atoms with Crippen molar-refractivity contribution in [3.05, 3.63) is 24.4 Å². The molecule has 0 saturated carbocycles. The van der Waals surface area contributed by atoms with Crippen LogP contribution in [-0.2, 0) is 0 Å². The maximum absolute atomic E-state index is 9.43. The molecule has 0 aliphatic rings. The van der Waals surface area contributed by atoms with E-state index in [4.69, 9.17) is 0 Å². The van der Waals surface area contributed by atoms with Gasteiger partial charge in [0.25, 0.3) is 0 Å². The summed E-state index contributed by atoms with van der Waals surface area (Å²) in [6, 6.07) is 5.77. The fourth-order valence-corrected chi connectivity index (χ4v) is 1.49. The maximum Gasteiger partial charge on any atom is 0.0960 e. The summed E-state index contributed by atoms with van der Waals surface area (Å²) in [4.78, 5) is 4.13. The third kappa shape index (κ3) is 3.74. The highest BCUT2D eigenvalue weighted by Crippen LogP contribution is 2.19. The molecular formula is C9H13NOS. The smallest absolute Gasteiger partial charge is 0.0960 e. The van der Waals surface area contributed by atoms with Gasteiger partial charge in [0.05, 0.1) is 10.6 Å². The average Bonchev–Trinajstić information content (AvgIpc) is 2.02. The molecular weight excluding hydrogens is 170 g/mol. The molecule has 0 bridgehead atoms. The molecule has 0 atom stereocenters. The lowest BCUT2D eigenvalue weighted by Gasteiger charge is -2.15. The SMILES string of the molecule is CC(C)(O)CSc1ccccn1. The average molecular weight is 183 g/mol. The van der Waals surface area contributed by atoms with Gasteiger partial charge in [-0.3, -0.25) is 0 Å². The van der Waals surface area contributed by atoms with Crippen molar-refractivity contribution in [2.75, 3.05) is 5.75 Å². The second kappa shape index (κ2) is 3.92. The van der Waals surface area contributed by atoms with Gasteiger partial charge in [0.1, 0.15) is 0 Å². The minimum Gasteiger partial charge on any atom is -0.390 e. The van der Waals surface area contributed by atoms with Crippen molar-refractivity contribution >= 4 is 11.8 Å². The number of aliphatic hydroxyl groups is 1. The van der Waals surface area contributed by atoms with Crippen LogP contribution in [0.4, 0.5) is 0 Å². The lowest BCUT2D eigenvalue weighted by molar-refractivity contribution is 0.107. The predicted octanol–water partition coefficient (Wildman–Crippen LogP) is 1.94. The van der Waals surface area contributed by atoms with E-state index in [0.717, 1.165) is 5.03 Å². The topological polar surface area (TPSA) is 33.1 Å². The van der Waals surface area contributed by atoms with Crippen LogP contribution in [0.1, 0.15) is 13.8 Å². The summed E-state index contributed by atoms with van der Waals surface area (Å²) in [5, 5.41) is 10.4. The van der Waals surface area contributed by atoms with Crippen molar-refractivity contribution < 1.29 is 5.11 Å². The summed E-state index contributed by atoms with van der Waals surface area (Å²) in [5.41, 5.74) is -0.623. The highest BCUT2D eigenvalue weighted by Gasteiger charge is 2.12. The Morgan fingerprint density at radius 3 is 2.75 bits per heavy atom. The summed E-state index contributed by atoms with van der Waals surface area (Å²) < 4.78 is 0. The lowest BCUT2D eigenvalue weighted by atomic mass is 10.2. The monoisotopic (exact) mass is 183 g/mol. The lowest BCUT2D eigenvalue weighted by Crippen LogP contribution is -2.21. The van der Waals surface area contributed by atoms with Crippen molar-refractivity contribution in [2.45, 2.75) is 24.5 Å². The number of rotatable bonds is 3. The molecule has 12 heavy (non-hydrogen) atoms. The number of aromatic nitrogens is 1. The summed E-state index contributed by atoms with van der Waals surface area (Å²) in [5.74, 6) is 0.671. The maximum atomic E-state index is 9.43. The summed E-state index contributed by atoms with van der Waals surface area (Å²) in [7, 11) is 0. The summed E-state index contributed by atoms with van der Waals surface area (Å²) in [6.45, 7) is 3.59. The molecule has 1 heterocycles. The molecule has 66 valence electrons. The Morgan fingerprint density at radius 1 is 1.50 bits per heavy atom. The van der Waals surface area contributed by atoms with Gasteiger partial charge in [-0.25, -0.2) is 4.98 Å². The number of pyridine rings is 1. The zero-order valence-electron chi connectivity index (χ0n) is 7.32. The number of hydrogen-bond donors (Lipinski definition) is 1. The molecule has 0 saturated heterocycles. The van der Waals surface area contributed by atoms with Gasteiger partial charge >= 0.3 is 0 Å². The molecule has 0 spiro atoms. The van der Waals surface area contributed by atoms with E-state index in [2.05, 4.69) is 4.98 Å². The van der Waals surface area contributed by atoms with E-state index in [0.29, 0.717) is 5.75 Å². The molecule has 0 aliphatic carbocycles. The fraction of sp³-hybridized carbons (Fsp3) is 0.444. The molecule has 1 aromatic rings. The third-order valence-electron chi connectivity index (χ3n) is 1.21. The Balaban J connectivity index is 2.44. The van der Waals surface area contributed by atoms with Crippen LogP contribution in [0.3, 0.4) is 0 Å². The summed E-state index contributed by atoms with van der Waals surface area (Å²) in [6.07, 6.45) is 1.76. The minimum atomic E-state index is -0.623. The van der Waals surface area contributed by atoms with Crippen LogP contribution in [0.25, 0.3) is 0 Å². The van der Waals surface area contributed by atoms with E-state index in [9.17, 15) is 5.11 Å².